The van der Waals surface area contributed by atoms with E-state index in [1.165, 1.54) is 12.3 Å². The molecule has 1 aromatic heterocycles. The molecule has 0 aliphatic carbocycles. The van der Waals surface area contributed by atoms with Crippen molar-refractivity contribution >= 4 is 5.69 Å². The second kappa shape index (κ2) is 4.45. The van der Waals surface area contributed by atoms with Gasteiger partial charge in [0.05, 0.1) is 6.20 Å². The van der Waals surface area contributed by atoms with Crippen molar-refractivity contribution in [3.63, 3.8) is 0 Å². The SMILES string of the molecule is Nc1cccc(C#Cc2cncc(F)c2)c1. The van der Waals surface area contributed by atoms with E-state index in [1.807, 2.05) is 12.1 Å². The second-order valence-electron chi connectivity index (χ2n) is 3.27. The number of aromatic nitrogens is 1. The van der Waals surface area contributed by atoms with Gasteiger partial charge in [0.1, 0.15) is 5.82 Å². The average molecular weight is 212 g/mol. The molecule has 0 saturated carbocycles. The molecule has 0 aliphatic rings. The highest BCUT2D eigenvalue weighted by atomic mass is 19.1. The topological polar surface area (TPSA) is 38.9 Å². The minimum Gasteiger partial charge on any atom is -0.399 e. The van der Waals surface area contributed by atoms with E-state index in [0.717, 1.165) is 11.8 Å². The van der Waals surface area contributed by atoms with Crippen LogP contribution >= 0.6 is 0 Å². The largest absolute Gasteiger partial charge is 0.399 e. The fraction of sp³-hybridized carbons (Fsp3) is 0. The Labute approximate surface area is 92.9 Å². The number of hydrogen-bond acceptors (Lipinski definition) is 2. The lowest BCUT2D eigenvalue weighted by molar-refractivity contribution is 0.621. The Balaban J connectivity index is 2.28. The zero-order valence-corrected chi connectivity index (χ0v) is 8.44. The lowest BCUT2D eigenvalue weighted by atomic mass is 10.2. The van der Waals surface area contributed by atoms with Crippen molar-refractivity contribution < 1.29 is 4.39 Å². The summed E-state index contributed by atoms with van der Waals surface area (Å²) in [5.41, 5.74) is 7.61. The van der Waals surface area contributed by atoms with Gasteiger partial charge in [-0.15, -0.1) is 0 Å². The molecule has 0 radical (unpaired) electrons. The molecule has 0 spiro atoms. The molecule has 0 fully saturated rings. The Bertz CT molecular complexity index is 518. The maximum Gasteiger partial charge on any atom is 0.142 e. The van der Waals surface area contributed by atoms with E-state index in [1.54, 1.807) is 12.1 Å². The Morgan fingerprint density at radius 2 is 1.88 bits per heavy atom. The molecule has 0 atom stereocenters. The quantitative estimate of drug-likeness (QED) is 0.537. The van der Waals surface area contributed by atoms with E-state index in [2.05, 4.69) is 16.8 Å². The van der Waals surface area contributed by atoms with Crippen LogP contribution < -0.4 is 5.73 Å². The number of rotatable bonds is 0. The first-order valence-electron chi connectivity index (χ1n) is 4.72. The van der Waals surface area contributed by atoms with E-state index in [0.29, 0.717) is 11.3 Å². The molecule has 0 unspecified atom stereocenters. The van der Waals surface area contributed by atoms with Crippen LogP contribution in [-0.2, 0) is 0 Å². The minimum atomic E-state index is -0.389. The highest BCUT2D eigenvalue weighted by Gasteiger charge is 1.91. The number of pyridine rings is 1. The van der Waals surface area contributed by atoms with Crippen LogP contribution in [0.5, 0.6) is 0 Å². The van der Waals surface area contributed by atoms with Gasteiger partial charge in [0.2, 0.25) is 0 Å². The van der Waals surface area contributed by atoms with Crippen molar-refractivity contribution in [3.05, 3.63) is 59.7 Å². The van der Waals surface area contributed by atoms with Crippen LogP contribution in [-0.4, -0.2) is 4.98 Å². The van der Waals surface area contributed by atoms with E-state index < -0.39 is 0 Å². The van der Waals surface area contributed by atoms with Gasteiger partial charge in [-0.05, 0) is 24.3 Å². The third-order valence-corrected chi connectivity index (χ3v) is 1.94. The molecule has 2 nitrogen and oxygen atoms in total. The molecule has 78 valence electrons. The summed E-state index contributed by atoms with van der Waals surface area (Å²) < 4.78 is 12.8. The first kappa shape index (κ1) is 10.2. The number of benzene rings is 1. The Kier molecular flexibility index (Phi) is 2.84. The van der Waals surface area contributed by atoms with Gasteiger partial charge in [-0.3, -0.25) is 4.98 Å². The van der Waals surface area contributed by atoms with Gasteiger partial charge in [-0.2, -0.15) is 0 Å². The smallest absolute Gasteiger partial charge is 0.142 e. The lowest BCUT2D eigenvalue weighted by Gasteiger charge is -1.93. The van der Waals surface area contributed by atoms with E-state index in [9.17, 15) is 4.39 Å². The number of nitrogens with two attached hydrogens (primary N) is 1. The van der Waals surface area contributed by atoms with Crippen LogP contribution in [0.2, 0.25) is 0 Å². The van der Waals surface area contributed by atoms with Gasteiger partial charge < -0.3 is 5.73 Å². The molecule has 0 amide bonds. The summed E-state index contributed by atoms with van der Waals surface area (Å²) >= 11 is 0. The summed E-state index contributed by atoms with van der Waals surface area (Å²) in [5, 5.41) is 0. The number of halogens is 1. The molecule has 2 N–H and O–H groups in total. The zero-order chi connectivity index (χ0) is 11.4. The molecule has 1 heterocycles. The molecule has 2 rings (SSSR count). The standard InChI is InChI=1S/C13H9FN2/c14-12-6-11(8-16-9-12)5-4-10-2-1-3-13(15)7-10/h1-3,6-9H,15H2. The normalized spacial score (nSPS) is 9.31. The summed E-state index contributed by atoms with van der Waals surface area (Å²) in [5.74, 6) is 5.32. The zero-order valence-electron chi connectivity index (χ0n) is 8.44. The van der Waals surface area contributed by atoms with Crippen molar-refractivity contribution in [2.24, 2.45) is 0 Å². The Morgan fingerprint density at radius 3 is 2.62 bits per heavy atom. The molecule has 1 aromatic carbocycles. The first-order chi connectivity index (χ1) is 7.74. The summed E-state index contributed by atoms with van der Waals surface area (Å²) in [6.45, 7) is 0. The van der Waals surface area contributed by atoms with Gasteiger partial charge in [-0.25, -0.2) is 4.39 Å². The van der Waals surface area contributed by atoms with Gasteiger partial charge in [0.25, 0.3) is 0 Å². The van der Waals surface area contributed by atoms with Crippen molar-refractivity contribution in [1.82, 2.24) is 4.98 Å². The number of nitrogen functional groups attached to an aromatic ring is 1. The number of hydrogen-bond donors (Lipinski definition) is 1. The predicted molar refractivity (Wildman–Crippen MR) is 61.0 cm³/mol. The summed E-state index contributed by atoms with van der Waals surface area (Å²) in [6.07, 6.45) is 2.66. The fourth-order valence-corrected chi connectivity index (χ4v) is 1.24. The van der Waals surface area contributed by atoms with Crippen molar-refractivity contribution in [2.75, 3.05) is 5.73 Å². The maximum atomic E-state index is 12.8. The molecule has 0 aliphatic heterocycles. The van der Waals surface area contributed by atoms with Crippen molar-refractivity contribution in [1.29, 1.82) is 0 Å². The van der Waals surface area contributed by atoms with Crippen LogP contribution in [0.25, 0.3) is 0 Å². The van der Waals surface area contributed by atoms with Crippen LogP contribution in [0.3, 0.4) is 0 Å². The van der Waals surface area contributed by atoms with Gasteiger partial charge >= 0.3 is 0 Å². The van der Waals surface area contributed by atoms with Crippen molar-refractivity contribution in [2.45, 2.75) is 0 Å². The minimum absolute atomic E-state index is 0.389. The molecule has 3 heteroatoms. The van der Waals surface area contributed by atoms with E-state index in [-0.39, 0.29) is 5.82 Å². The number of anilines is 1. The molecular weight excluding hydrogens is 203 g/mol. The number of nitrogens with zero attached hydrogens (tertiary/aromatic N) is 1. The highest BCUT2D eigenvalue weighted by molar-refractivity contribution is 5.49. The predicted octanol–water partition coefficient (Wildman–Crippen LogP) is 2.20. The third-order valence-electron chi connectivity index (χ3n) is 1.94. The molecular formula is C13H9FN2. The van der Waals surface area contributed by atoms with Gasteiger partial charge in [-0.1, -0.05) is 17.9 Å². The van der Waals surface area contributed by atoms with Gasteiger partial charge in [0, 0.05) is 23.0 Å². The second-order valence-corrected chi connectivity index (χ2v) is 3.27. The molecule has 0 saturated heterocycles. The molecule has 2 aromatic rings. The van der Waals surface area contributed by atoms with Crippen molar-refractivity contribution in [3.8, 4) is 11.8 Å². The summed E-state index contributed by atoms with van der Waals surface area (Å²) in [7, 11) is 0. The van der Waals surface area contributed by atoms with Crippen LogP contribution in [0.4, 0.5) is 10.1 Å². The monoisotopic (exact) mass is 212 g/mol. The van der Waals surface area contributed by atoms with Crippen LogP contribution in [0.15, 0.2) is 42.7 Å². The third kappa shape index (κ3) is 2.58. The fourth-order valence-electron chi connectivity index (χ4n) is 1.24. The summed E-state index contributed by atoms with van der Waals surface area (Å²) in [6, 6.07) is 8.56. The lowest BCUT2D eigenvalue weighted by Crippen LogP contribution is -1.85. The summed E-state index contributed by atoms with van der Waals surface area (Å²) in [4.78, 5) is 3.71. The first-order valence-corrected chi connectivity index (χ1v) is 4.72. The van der Waals surface area contributed by atoms with Gasteiger partial charge in [0.15, 0.2) is 0 Å². The van der Waals surface area contributed by atoms with E-state index in [4.69, 9.17) is 5.73 Å². The highest BCUT2D eigenvalue weighted by Crippen LogP contribution is 2.05. The Morgan fingerprint density at radius 1 is 1.06 bits per heavy atom. The van der Waals surface area contributed by atoms with Crippen LogP contribution in [0, 0.1) is 17.7 Å². The van der Waals surface area contributed by atoms with E-state index >= 15 is 0 Å². The molecule has 16 heavy (non-hydrogen) atoms. The van der Waals surface area contributed by atoms with Crippen LogP contribution in [0.1, 0.15) is 11.1 Å². The molecule has 0 bridgehead atoms. The maximum absolute atomic E-state index is 12.8. The average Bonchev–Trinajstić information content (AvgIpc) is 2.27. The Hall–Kier alpha value is -2.34.